The minimum Gasteiger partial charge on any atom is -0.306 e. The summed E-state index contributed by atoms with van der Waals surface area (Å²) in [4.78, 5) is 0. The molecule has 0 spiro atoms. The summed E-state index contributed by atoms with van der Waals surface area (Å²) in [7, 11) is 0. The SMILES string of the molecule is CCNC(c1ccc(F)c(Br)c1)c1cc(Br)ccc1Cl. The lowest BCUT2D eigenvalue weighted by atomic mass is 9.98. The Bertz CT molecular complexity index is 619. The van der Waals surface area contributed by atoms with Gasteiger partial charge in [0.15, 0.2) is 0 Å². The topological polar surface area (TPSA) is 12.0 Å². The second-order valence-corrected chi connectivity index (χ2v) is 6.51. The van der Waals surface area contributed by atoms with Crippen molar-refractivity contribution in [3.8, 4) is 0 Å². The van der Waals surface area contributed by atoms with E-state index in [0.29, 0.717) is 9.50 Å². The zero-order valence-electron chi connectivity index (χ0n) is 10.8. The molecule has 0 aliphatic rings. The molecule has 1 atom stereocenters. The van der Waals surface area contributed by atoms with E-state index in [1.165, 1.54) is 6.07 Å². The molecule has 0 saturated carbocycles. The molecule has 0 amide bonds. The summed E-state index contributed by atoms with van der Waals surface area (Å²) < 4.78 is 14.8. The Morgan fingerprint density at radius 2 is 1.95 bits per heavy atom. The molecule has 20 heavy (non-hydrogen) atoms. The van der Waals surface area contributed by atoms with Gasteiger partial charge in [0.1, 0.15) is 5.82 Å². The minimum atomic E-state index is -0.274. The van der Waals surface area contributed by atoms with Gasteiger partial charge in [0.25, 0.3) is 0 Å². The molecule has 1 nitrogen and oxygen atoms in total. The maximum atomic E-state index is 13.4. The number of halogens is 4. The average molecular weight is 422 g/mol. The molecule has 2 rings (SSSR count). The second-order valence-electron chi connectivity index (χ2n) is 4.33. The highest BCUT2D eigenvalue weighted by Gasteiger charge is 2.17. The van der Waals surface area contributed by atoms with Gasteiger partial charge in [0.05, 0.1) is 10.5 Å². The van der Waals surface area contributed by atoms with Gasteiger partial charge in [-0.05, 0) is 63.9 Å². The van der Waals surface area contributed by atoms with Gasteiger partial charge in [-0.2, -0.15) is 0 Å². The molecule has 2 aromatic rings. The molecule has 5 heteroatoms. The molecule has 1 N–H and O–H groups in total. The van der Waals surface area contributed by atoms with Crippen molar-refractivity contribution < 1.29 is 4.39 Å². The molecule has 2 aromatic carbocycles. The lowest BCUT2D eigenvalue weighted by molar-refractivity contribution is 0.608. The highest BCUT2D eigenvalue weighted by molar-refractivity contribution is 9.10. The number of hydrogen-bond donors (Lipinski definition) is 1. The van der Waals surface area contributed by atoms with Gasteiger partial charge in [-0.15, -0.1) is 0 Å². The molecule has 0 bridgehead atoms. The highest BCUT2D eigenvalue weighted by atomic mass is 79.9. The summed E-state index contributed by atoms with van der Waals surface area (Å²) in [5, 5.41) is 4.06. The smallest absolute Gasteiger partial charge is 0.137 e. The van der Waals surface area contributed by atoms with Crippen LogP contribution in [0.3, 0.4) is 0 Å². The maximum Gasteiger partial charge on any atom is 0.137 e. The fourth-order valence-electron chi connectivity index (χ4n) is 2.04. The highest BCUT2D eigenvalue weighted by Crippen LogP contribution is 2.32. The van der Waals surface area contributed by atoms with E-state index in [9.17, 15) is 4.39 Å². The van der Waals surface area contributed by atoms with Crippen LogP contribution in [0.2, 0.25) is 5.02 Å². The van der Waals surface area contributed by atoms with Gasteiger partial charge in [-0.1, -0.05) is 40.5 Å². The van der Waals surface area contributed by atoms with Crippen LogP contribution >= 0.6 is 43.5 Å². The van der Waals surface area contributed by atoms with Gasteiger partial charge < -0.3 is 5.32 Å². The Morgan fingerprint density at radius 3 is 2.60 bits per heavy atom. The third-order valence-corrected chi connectivity index (χ3v) is 4.40. The molecule has 0 aliphatic heterocycles. The number of nitrogens with one attached hydrogen (secondary N) is 1. The van der Waals surface area contributed by atoms with Crippen molar-refractivity contribution in [2.75, 3.05) is 6.54 Å². The van der Waals surface area contributed by atoms with Gasteiger partial charge in [0.2, 0.25) is 0 Å². The van der Waals surface area contributed by atoms with Crippen LogP contribution < -0.4 is 5.32 Å². The van der Waals surface area contributed by atoms with Crippen LogP contribution in [-0.2, 0) is 0 Å². The van der Waals surface area contributed by atoms with E-state index in [1.54, 1.807) is 12.1 Å². The summed E-state index contributed by atoms with van der Waals surface area (Å²) in [6, 6.07) is 10.6. The summed E-state index contributed by atoms with van der Waals surface area (Å²) in [5.74, 6) is -0.274. The largest absolute Gasteiger partial charge is 0.306 e. The molecule has 0 aromatic heterocycles. The van der Waals surface area contributed by atoms with Crippen LogP contribution in [0, 0.1) is 5.82 Å². The van der Waals surface area contributed by atoms with Crippen molar-refractivity contribution in [2.45, 2.75) is 13.0 Å². The predicted molar refractivity (Wildman–Crippen MR) is 88.8 cm³/mol. The van der Waals surface area contributed by atoms with Gasteiger partial charge in [-0.25, -0.2) is 4.39 Å². The number of rotatable bonds is 4. The first-order valence-corrected chi connectivity index (χ1v) is 8.12. The van der Waals surface area contributed by atoms with Crippen molar-refractivity contribution in [3.05, 3.63) is 67.3 Å². The third-order valence-electron chi connectivity index (χ3n) is 2.95. The van der Waals surface area contributed by atoms with Crippen molar-refractivity contribution in [3.63, 3.8) is 0 Å². The van der Waals surface area contributed by atoms with E-state index in [4.69, 9.17) is 11.6 Å². The van der Waals surface area contributed by atoms with Crippen LogP contribution in [0.25, 0.3) is 0 Å². The maximum absolute atomic E-state index is 13.4. The van der Waals surface area contributed by atoms with Crippen LogP contribution in [0.1, 0.15) is 24.1 Å². The van der Waals surface area contributed by atoms with E-state index >= 15 is 0 Å². The molecule has 0 aliphatic carbocycles. The monoisotopic (exact) mass is 419 g/mol. The number of hydrogen-bond acceptors (Lipinski definition) is 1. The Morgan fingerprint density at radius 1 is 1.20 bits per heavy atom. The van der Waals surface area contributed by atoms with E-state index in [0.717, 1.165) is 22.1 Å². The van der Waals surface area contributed by atoms with Crippen molar-refractivity contribution in [2.24, 2.45) is 0 Å². The first-order chi connectivity index (χ1) is 9.52. The minimum absolute atomic E-state index is 0.0816. The van der Waals surface area contributed by atoms with E-state index < -0.39 is 0 Å². The molecule has 106 valence electrons. The summed E-state index contributed by atoms with van der Waals surface area (Å²) in [6.07, 6.45) is 0. The van der Waals surface area contributed by atoms with E-state index in [-0.39, 0.29) is 11.9 Å². The van der Waals surface area contributed by atoms with E-state index in [1.807, 2.05) is 25.1 Å². The predicted octanol–water partition coefficient (Wildman–Crippen LogP) is 5.70. The van der Waals surface area contributed by atoms with Crippen molar-refractivity contribution in [1.82, 2.24) is 5.32 Å². The molecular formula is C15H13Br2ClFN. The zero-order chi connectivity index (χ0) is 14.7. The van der Waals surface area contributed by atoms with Crippen LogP contribution in [0.4, 0.5) is 4.39 Å². The van der Waals surface area contributed by atoms with Crippen molar-refractivity contribution in [1.29, 1.82) is 0 Å². The Hall–Kier alpha value is -0.420. The van der Waals surface area contributed by atoms with Crippen LogP contribution in [0.15, 0.2) is 45.3 Å². The first-order valence-electron chi connectivity index (χ1n) is 6.16. The standard InChI is InChI=1S/C15H13Br2ClFN/c1-2-20-15(9-3-6-14(19)12(17)7-9)11-8-10(16)4-5-13(11)18/h3-8,15,20H,2H2,1H3. The molecule has 1 unspecified atom stereocenters. The molecule has 0 fully saturated rings. The first kappa shape index (κ1) is 16.0. The Kier molecular flexibility index (Phi) is 5.61. The fraction of sp³-hybridized carbons (Fsp3) is 0.200. The summed E-state index contributed by atoms with van der Waals surface area (Å²) >= 11 is 13.0. The van der Waals surface area contributed by atoms with Crippen LogP contribution in [-0.4, -0.2) is 6.54 Å². The van der Waals surface area contributed by atoms with Gasteiger partial charge >= 0.3 is 0 Å². The van der Waals surface area contributed by atoms with Crippen LogP contribution in [0.5, 0.6) is 0 Å². The average Bonchev–Trinajstić information content (AvgIpc) is 2.42. The lowest BCUT2D eigenvalue weighted by Gasteiger charge is -2.21. The quantitative estimate of drug-likeness (QED) is 0.667. The summed E-state index contributed by atoms with van der Waals surface area (Å²) in [5.41, 5.74) is 1.92. The summed E-state index contributed by atoms with van der Waals surface area (Å²) in [6.45, 7) is 2.81. The Balaban J connectivity index is 2.49. The third kappa shape index (κ3) is 3.61. The fourth-order valence-corrected chi connectivity index (χ4v) is 3.04. The second kappa shape index (κ2) is 7.03. The molecule has 0 saturated heterocycles. The molecule has 0 radical (unpaired) electrons. The molecular weight excluding hydrogens is 408 g/mol. The lowest BCUT2D eigenvalue weighted by Crippen LogP contribution is -2.22. The Labute approximate surface area is 139 Å². The van der Waals surface area contributed by atoms with Gasteiger partial charge in [-0.3, -0.25) is 0 Å². The normalized spacial score (nSPS) is 12.4. The van der Waals surface area contributed by atoms with Crippen molar-refractivity contribution >= 4 is 43.5 Å². The number of benzene rings is 2. The zero-order valence-corrected chi connectivity index (χ0v) is 14.7. The van der Waals surface area contributed by atoms with Gasteiger partial charge in [0, 0.05) is 9.50 Å². The van der Waals surface area contributed by atoms with E-state index in [2.05, 4.69) is 37.2 Å². The molecule has 0 heterocycles.